The van der Waals surface area contributed by atoms with Crippen molar-refractivity contribution in [2.45, 2.75) is 64.2 Å². The topological polar surface area (TPSA) is 52.6 Å². The van der Waals surface area contributed by atoms with Crippen LogP contribution in [0.4, 0.5) is 5.69 Å². The molecule has 4 unspecified atom stereocenters. The largest absolute Gasteiger partial charge is 0.397 e. The summed E-state index contributed by atoms with van der Waals surface area (Å²) in [7, 11) is 4.19. The predicted octanol–water partition coefficient (Wildman–Crippen LogP) is 2.20. The van der Waals surface area contributed by atoms with Crippen molar-refractivity contribution in [1.82, 2.24) is 9.47 Å². The number of likely N-dealkylation sites (N-methyl/N-ethyl adjacent to an activating group) is 1. The van der Waals surface area contributed by atoms with Crippen molar-refractivity contribution in [3.8, 4) is 0 Å². The average Bonchev–Trinajstić information content (AvgIpc) is 2.92. The molecule has 0 saturated carbocycles. The number of aromatic nitrogens is 1. The maximum atomic E-state index is 6.34. The second-order valence-corrected chi connectivity index (χ2v) is 6.85. The number of ether oxygens (including phenoxy) is 2. The van der Waals surface area contributed by atoms with Crippen LogP contribution in [0, 0.1) is 6.92 Å². The Hall–Kier alpha value is -1.04. The van der Waals surface area contributed by atoms with Crippen molar-refractivity contribution in [2.24, 2.45) is 7.05 Å². The fourth-order valence-electron chi connectivity index (χ4n) is 3.95. The van der Waals surface area contributed by atoms with Crippen molar-refractivity contribution in [3.05, 3.63) is 17.5 Å². The van der Waals surface area contributed by atoms with E-state index in [1.54, 1.807) is 0 Å². The van der Waals surface area contributed by atoms with Gasteiger partial charge in [0, 0.05) is 30.5 Å². The van der Waals surface area contributed by atoms with Crippen LogP contribution in [0.1, 0.15) is 44.5 Å². The normalized spacial score (nSPS) is 35.3. The molecule has 5 nitrogen and oxygen atoms in total. The number of anilines is 1. The number of hydrogen-bond donors (Lipinski definition) is 1. The molecule has 3 rings (SSSR count). The minimum absolute atomic E-state index is 0.0408. The smallest absolute Gasteiger partial charge is 0.163 e. The van der Waals surface area contributed by atoms with Gasteiger partial charge in [-0.1, -0.05) is 6.92 Å². The Bertz CT molecular complexity index is 552. The number of likely N-dealkylation sites (tertiary alicyclic amines) is 1. The Kier molecular flexibility index (Phi) is 3.35. The molecule has 0 radical (unpaired) electrons. The molecule has 0 aliphatic carbocycles. The molecule has 2 N–H and O–H groups in total. The van der Waals surface area contributed by atoms with Crippen LogP contribution < -0.4 is 5.73 Å². The highest BCUT2D eigenvalue weighted by Crippen LogP contribution is 2.48. The van der Waals surface area contributed by atoms with Crippen LogP contribution in [-0.4, -0.2) is 40.6 Å². The summed E-state index contributed by atoms with van der Waals surface area (Å²) in [5, 5.41) is 0. The summed E-state index contributed by atoms with van der Waals surface area (Å²) in [5.41, 5.74) is 9.47. The minimum Gasteiger partial charge on any atom is -0.397 e. The van der Waals surface area contributed by atoms with Gasteiger partial charge in [0.15, 0.2) is 5.79 Å². The summed E-state index contributed by atoms with van der Waals surface area (Å²) in [6.45, 7) is 8.25. The van der Waals surface area contributed by atoms with E-state index in [0.29, 0.717) is 6.04 Å². The summed E-state index contributed by atoms with van der Waals surface area (Å²) in [6.07, 6.45) is 3.33. The Labute approximate surface area is 127 Å². The van der Waals surface area contributed by atoms with Crippen LogP contribution in [0.5, 0.6) is 0 Å². The minimum atomic E-state index is -0.513. The van der Waals surface area contributed by atoms with Crippen molar-refractivity contribution in [1.29, 1.82) is 0 Å². The molecule has 2 aliphatic rings. The average molecular weight is 293 g/mol. The van der Waals surface area contributed by atoms with E-state index in [2.05, 4.69) is 36.6 Å². The second-order valence-electron chi connectivity index (χ2n) is 6.85. The summed E-state index contributed by atoms with van der Waals surface area (Å²) in [5.74, 6) is -0.513. The van der Waals surface area contributed by atoms with Crippen molar-refractivity contribution < 1.29 is 9.47 Å². The van der Waals surface area contributed by atoms with Crippen molar-refractivity contribution in [2.75, 3.05) is 12.8 Å². The van der Waals surface area contributed by atoms with Crippen molar-refractivity contribution >= 4 is 5.69 Å². The van der Waals surface area contributed by atoms with Crippen LogP contribution in [0.3, 0.4) is 0 Å². The third kappa shape index (κ3) is 2.10. The van der Waals surface area contributed by atoms with Gasteiger partial charge < -0.3 is 19.8 Å². The van der Waals surface area contributed by atoms with Gasteiger partial charge in [-0.05, 0) is 34.2 Å². The summed E-state index contributed by atoms with van der Waals surface area (Å²) < 4.78 is 14.5. The molecular formula is C16H27N3O2. The van der Waals surface area contributed by atoms with Crippen molar-refractivity contribution in [3.63, 3.8) is 0 Å². The molecule has 4 atom stereocenters. The van der Waals surface area contributed by atoms with Crippen LogP contribution >= 0.6 is 0 Å². The van der Waals surface area contributed by atoms with Crippen LogP contribution in [0.15, 0.2) is 6.20 Å². The van der Waals surface area contributed by atoms with Crippen LogP contribution in [0.25, 0.3) is 0 Å². The molecule has 3 heterocycles. The van der Waals surface area contributed by atoms with Gasteiger partial charge in [0.05, 0.1) is 11.7 Å². The Balaban J connectivity index is 2.02. The number of hydrogen-bond acceptors (Lipinski definition) is 4. The standard InChI is InChI=1S/C16H27N3O2/c1-7-11-14-15(21-16(3,4)20-14)13(19(11)6)10-8-18(5)9(2)12(10)17/h8,11,13-15H,7,17H2,1-6H3. The summed E-state index contributed by atoms with van der Waals surface area (Å²) in [4.78, 5) is 2.37. The Morgan fingerprint density at radius 1 is 1.24 bits per heavy atom. The number of fused-ring (bicyclic) bond motifs is 1. The zero-order valence-corrected chi connectivity index (χ0v) is 13.9. The van der Waals surface area contributed by atoms with E-state index >= 15 is 0 Å². The third-order valence-corrected chi connectivity index (χ3v) is 5.12. The van der Waals surface area contributed by atoms with Gasteiger partial charge in [0.25, 0.3) is 0 Å². The lowest BCUT2D eigenvalue weighted by Crippen LogP contribution is -2.36. The SMILES string of the molecule is CCC1C2OC(C)(C)OC2C(c2cn(C)c(C)c2N)N1C. The lowest BCUT2D eigenvalue weighted by Gasteiger charge is -2.30. The fraction of sp³-hybridized carbons (Fsp3) is 0.750. The van der Waals surface area contributed by atoms with E-state index in [-0.39, 0.29) is 18.2 Å². The van der Waals surface area contributed by atoms with Gasteiger partial charge in [0.1, 0.15) is 12.2 Å². The highest BCUT2D eigenvalue weighted by molar-refractivity contribution is 5.54. The number of nitrogen functional groups attached to an aromatic ring is 1. The van der Waals surface area contributed by atoms with Gasteiger partial charge in [0.2, 0.25) is 0 Å². The second kappa shape index (κ2) is 4.73. The lowest BCUT2D eigenvalue weighted by molar-refractivity contribution is -0.166. The Morgan fingerprint density at radius 2 is 1.86 bits per heavy atom. The maximum absolute atomic E-state index is 6.34. The number of rotatable bonds is 2. The Morgan fingerprint density at radius 3 is 2.38 bits per heavy atom. The molecule has 2 aliphatic heterocycles. The first-order valence-corrected chi connectivity index (χ1v) is 7.75. The summed E-state index contributed by atoms with van der Waals surface area (Å²) >= 11 is 0. The first-order chi connectivity index (χ1) is 9.76. The highest BCUT2D eigenvalue weighted by Gasteiger charge is 2.56. The quantitative estimate of drug-likeness (QED) is 0.908. The molecule has 2 fully saturated rings. The zero-order valence-electron chi connectivity index (χ0n) is 13.9. The monoisotopic (exact) mass is 293 g/mol. The summed E-state index contributed by atoms with van der Waals surface area (Å²) in [6, 6.07) is 0.517. The van der Waals surface area contributed by atoms with Crippen LogP contribution in [-0.2, 0) is 16.5 Å². The van der Waals surface area contributed by atoms with Gasteiger partial charge >= 0.3 is 0 Å². The highest BCUT2D eigenvalue weighted by atomic mass is 16.8. The first kappa shape index (κ1) is 14.9. The molecular weight excluding hydrogens is 266 g/mol. The van der Waals surface area contributed by atoms with Gasteiger partial charge in [-0.2, -0.15) is 0 Å². The van der Waals surface area contributed by atoms with E-state index in [0.717, 1.165) is 23.4 Å². The third-order valence-electron chi connectivity index (χ3n) is 5.12. The predicted molar refractivity (Wildman–Crippen MR) is 83.0 cm³/mol. The van der Waals surface area contributed by atoms with E-state index in [4.69, 9.17) is 15.2 Å². The molecule has 0 amide bonds. The number of aryl methyl sites for hydroxylation is 1. The number of nitrogens with two attached hydrogens (primary N) is 1. The molecule has 1 aromatic heterocycles. The van der Waals surface area contributed by atoms with Crippen LogP contribution in [0.2, 0.25) is 0 Å². The number of nitrogens with zero attached hydrogens (tertiary/aromatic N) is 2. The molecule has 5 heteroatoms. The first-order valence-electron chi connectivity index (χ1n) is 7.75. The fourth-order valence-corrected chi connectivity index (χ4v) is 3.95. The molecule has 2 saturated heterocycles. The molecule has 1 aromatic rings. The molecule has 0 bridgehead atoms. The van der Waals surface area contributed by atoms with Gasteiger partial charge in [-0.25, -0.2) is 0 Å². The van der Waals surface area contributed by atoms with Gasteiger partial charge in [-0.15, -0.1) is 0 Å². The molecule has 0 aromatic carbocycles. The molecule has 21 heavy (non-hydrogen) atoms. The van der Waals surface area contributed by atoms with E-state index < -0.39 is 5.79 Å². The lowest BCUT2D eigenvalue weighted by atomic mass is 10.0. The van der Waals surface area contributed by atoms with E-state index in [1.165, 1.54) is 0 Å². The maximum Gasteiger partial charge on any atom is 0.163 e. The zero-order chi connectivity index (χ0) is 15.5. The molecule has 118 valence electrons. The van der Waals surface area contributed by atoms with Gasteiger partial charge in [-0.3, -0.25) is 4.90 Å². The molecule has 0 spiro atoms. The van der Waals surface area contributed by atoms with E-state index in [1.807, 2.05) is 20.9 Å². The van der Waals surface area contributed by atoms with E-state index in [9.17, 15) is 0 Å².